The molecule has 0 aromatic heterocycles. The third-order valence-corrected chi connectivity index (χ3v) is 2.72. The van der Waals surface area contributed by atoms with E-state index in [2.05, 4.69) is 0 Å². The molecule has 2 aromatic carbocycles. The van der Waals surface area contributed by atoms with Gasteiger partial charge in [0, 0.05) is 11.6 Å². The van der Waals surface area contributed by atoms with Gasteiger partial charge in [0.05, 0.1) is 17.1 Å². The Hall–Kier alpha value is -2.47. The van der Waals surface area contributed by atoms with Crippen molar-refractivity contribution < 1.29 is 19.2 Å². The van der Waals surface area contributed by atoms with Gasteiger partial charge >= 0.3 is 0 Å². The van der Waals surface area contributed by atoms with E-state index in [9.17, 15) is 19.6 Å². The number of non-ortho nitro benzene ring substituents is 1. The van der Waals surface area contributed by atoms with Crippen molar-refractivity contribution in [2.75, 3.05) is 0 Å². The molecule has 1 N–H and O–H groups in total. The predicted octanol–water partition coefficient (Wildman–Crippen LogP) is 3.58. The number of nitro groups is 1. The maximum atomic E-state index is 13.7. The molecule has 0 saturated heterocycles. The molecular weight excluding hydrogens is 265 g/mol. The molecule has 1 atom stereocenters. The number of halogens is 1. The number of hydrogen-bond acceptors (Lipinski definition) is 4. The van der Waals surface area contributed by atoms with Gasteiger partial charge < -0.3 is 9.84 Å². The van der Waals surface area contributed by atoms with Gasteiger partial charge in [-0.2, -0.15) is 0 Å². The summed E-state index contributed by atoms with van der Waals surface area (Å²) in [5.41, 5.74) is 0.156. The summed E-state index contributed by atoms with van der Waals surface area (Å²) in [4.78, 5) is 9.85. The van der Waals surface area contributed by atoms with E-state index in [4.69, 9.17) is 4.74 Å². The van der Waals surface area contributed by atoms with Crippen molar-refractivity contribution in [2.24, 2.45) is 0 Å². The quantitative estimate of drug-likeness (QED) is 0.684. The number of para-hydroxylation sites is 1. The fourth-order valence-electron chi connectivity index (χ4n) is 1.72. The lowest BCUT2D eigenvalue weighted by Gasteiger charge is -2.13. The first-order chi connectivity index (χ1) is 9.49. The molecule has 1 unspecified atom stereocenters. The van der Waals surface area contributed by atoms with Crippen molar-refractivity contribution in [1.29, 1.82) is 0 Å². The van der Waals surface area contributed by atoms with Crippen molar-refractivity contribution in [3.8, 4) is 11.5 Å². The van der Waals surface area contributed by atoms with E-state index in [1.807, 2.05) is 0 Å². The van der Waals surface area contributed by atoms with E-state index >= 15 is 0 Å². The second-order valence-corrected chi connectivity index (χ2v) is 4.19. The highest BCUT2D eigenvalue weighted by Gasteiger charge is 2.14. The summed E-state index contributed by atoms with van der Waals surface area (Å²) in [7, 11) is 0. The van der Waals surface area contributed by atoms with Crippen LogP contribution in [-0.4, -0.2) is 10.0 Å². The van der Waals surface area contributed by atoms with Gasteiger partial charge in [-0.1, -0.05) is 18.2 Å². The van der Waals surface area contributed by atoms with Crippen LogP contribution >= 0.6 is 0 Å². The van der Waals surface area contributed by atoms with Crippen molar-refractivity contribution in [2.45, 2.75) is 13.0 Å². The molecule has 0 radical (unpaired) electrons. The minimum atomic E-state index is -0.834. The zero-order valence-corrected chi connectivity index (χ0v) is 10.6. The number of aliphatic hydroxyl groups is 1. The molecule has 6 heteroatoms. The van der Waals surface area contributed by atoms with Gasteiger partial charge in [-0.15, -0.1) is 0 Å². The normalized spacial score (nSPS) is 11.9. The SMILES string of the molecule is CC(O)c1ccccc1Oc1ccc([N+](=O)[O-])cc1F. The lowest BCUT2D eigenvalue weighted by atomic mass is 10.1. The maximum absolute atomic E-state index is 13.7. The number of ether oxygens (including phenoxy) is 1. The molecule has 0 aliphatic rings. The van der Waals surface area contributed by atoms with E-state index < -0.39 is 16.8 Å². The molecule has 20 heavy (non-hydrogen) atoms. The molecule has 5 nitrogen and oxygen atoms in total. The van der Waals surface area contributed by atoms with Gasteiger partial charge in [-0.25, -0.2) is 4.39 Å². The summed E-state index contributed by atoms with van der Waals surface area (Å²) in [6.45, 7) is 1.56. The summed E-state index contributed by atoms with van der Waals surface area (Å²) in [5.74, 6) is -0.668. The molecule has 2 aromatic rings. The Labute approximate surface area is 114 Å². The number of rotatable bonds is 4. The fourth-order valence-corrected chi connectivity index (χ4v) is 1.72. The van der Waals surface area contributed by atoms with Gasteiger partial charge in [0.2, 0.25) is 0 Å². The Balaban J connectivity index is 2.33. The van der Waals surface area contributed by atoms with E-state index in [-0.39, 0.29) is 11.4 Å². The smallest absolute Gasteiger partial charge is 0.272 e. The first kappa shape index (κ1) is 14.0. The Morgan fingerprint density at radius 1 is 1.25 bits per heavy atom. The summed E-state index contributed by atoms with van der Waals surface area (Å²) in [6.07, 6.45) is -0.771. The Morgan fingerprint density at radius 3 is 2.55 bits per heavy atom. The summed E-state index contributed by atoms with van der Waals surface area (Å²) in [5, 5.41) is 20.1. The summed E-state index contributed by atoms with van der Waals surface area (Å²) in [6, 6.07) is 9.79. The van der Waals surface area contributed by atoms with Crippen molar-refractivity contribution in [1.82, 2.24) is 0 Å². The second kappa shape index (κ2) is 5.66. The van der Waals surface area contributed by atoms with Gasteiger partial charge in [-0.05, 0) is 19.1 Å². The van der Waals surface area contributed by atoms with Gasteiger partial charge in [-0.3, -0.25) is 10.1 Å². The zero-order chi connectivity index (χ0) is 14.7. The number of benzene rings is 2. The summed E-state index contributed by atoms with van der Waals surface area (Å²) >= 11 is 0. The molecule has 0 saturated carbocycles. The van der Waals surface area contributed by atoms with E-state index in [1.165, 1.54) is 6.07 Å². The van der Waals surface area contributed by atoms with E-state index in [1.54, 1.807) is 31.2 Å². The van der Waals surface area contributed by atoms with Gasteiger partial charge in [0.15, 0.2) is 11.6 Å². The minimum Gasteiger partial charge on any atom is -0.454 e. The number of nitrogens with zero attached hydrogens (tertiary/aromatic N) is 1. The van der Waals surface area contributed by atoms with Crippen LogP contribution in [-0.2, 0) is 0 Å². The first-order valence-corrected chi connectivity index (χ1v) is 5.88. The maximum Gasteiger partial charge on any atom is 0.272 e. The number of aliphatic hydroxyl groups excluding tert-OH is 1. The third-order valence-electron chi connectivity index (χ3n) is 2.72. The molecule has 0 aliphatic heterocycles. The Kier molecular flexibility index (Phi) is 3.95. The molecule has 0 amide bonds. The van der Waals surface area contributed by atoms with Crippen LogP contribution in [0.1, 0.15) is 18.6 Å². The monoisotopic (exact) mass is 277 g/mol. The predicted molar refractivity (Wildman–Crippen MR) is 70.2 cm³/mol. The third kappa shape index (κ3) is 2.92. The van der Waals surface area contributed by atoms with Crippen LogP contribution in [0.3, 0.4) is 0 Å². The molecule has 0 spiro atoms. The number of nitro benzene ring substituents is 1. The highest BCUT2D eigenvalue weighted by Crippen LogP contribution is 2.32. The highest BCUT2D eigenvalue weighted by molar-refractivity contribution is 5.42. The zero-order valence-electron chi connectivity index (χ0n) is 10.6. The van der Waals surface area contributed by atoms with Gasteiger partial charge in [0.25, 0.3) is 5.69 Å². The van der Waals surface area contributed by atoms with Gasteiger partial charge in [0.1, 0.15) is 5.75 Å². The van der Waals surface area contributed by atoms with Crippen LogP contribution < -0.4 is 4.74 Å². The molecule has 0 heterocycles. The Morgan fingerprint density at radius 2 is 1.95 bits per heavy atom. The first-order valence-electron chi connectivity index (χ1n) is 5.88. The number of hydrogen-bond donors (Lipinski definition) is 1. The van der Waals surface area contributed by atoms with Crippen molar-refractivity contribution in [3.05, 3.63) is 64.0 Å². The summed E-state index contributed by atoms with van der Waals surface area (Å²) < 4.78 is 19.1. The second-order valence-electron chi connectivity index (χ2n) is 4.19. The Bertz CT molecular complexity index is 643. The van der Waals surface area contributed by atoms with Crippen LogP contribution in [0.4, 0.5) is 10.1 Å². The molecule has 0 bridgehead atoms. The standard InChI is InChI=1S/C14H12FNO4/c1-9(17)11-4-2-3-5-13(11)20-14-7-6-10(16(18)19)8-12(14)15/h2-9,17H,1H3. The van der Waals surface area contributed by atoms with Crippen LogP contribution in [0.15, 0.2) is 42.5 Å². The largest absolute Gasteiger partial charge is 0.454 e. The average molecular weight is 277 g/mol. The van der Waals surface area contributed by atoms with Crippen LogP contribution in [0.2, 0.25) is 0 Å². The molecule has 2 rings (SSSR count). The fraction of sp³-hybridized carbons (Fsp3) is 0.143. The minimum absolute atomic E-state index is 0.135. The van der Waals surface area contributed by atoms with Crippen LogP contribution in [0.5, 0.6) is 11.5 Å². The highest BCUT2D eigenvalue weighted by atomic mass is 19.1. The molecule has 0 fully saturated rings. The lowest BCUT2D eigenvalue weighted by Crippen LogP contribution is -1.97. The van der Waals surface area contributed by atoms with E-state index in [0.717, 1.165) is 12.1 Å². The van der Waals surface area contributed by atoms with Crippen LogP contribution in [0.25, 0.3) is 0 Å². The lowest BCUT2D eigenvalue weighted by molar-refractivity contribution is -0.385. The molecule has 104 valence electrons. The van der Waals surface area contributed by atoms with Crippen LogP contribution in [0, 0.1) is 15.9 Å². The molecule has 0 aliphatic carbocycles. The van der Waals surface area contributed by atoms with Crippen molar-refractivity contribution in [3.63, 3.8) is 0 Å². The molecular formula is C14H12FNO4. The van der Waals surface area contributed by atoms with E-state index in [0.29, 0.717) is 11.3 Å². The average Bonchev–Trinajstić information content (AvgIpc) is 2.41. The topological polar surface area (TPSA) is 72.6 Å². The van der Waals surface area contributed by atoms with Crippen molar-refractivity contribution >= 4 is 5.69 Å².